The summed E-state index contributed by atoms with van der Waals surface area (Å²) in [5, 5.41) is 3.19. The van der Waals surface area contributed by atoms with Crippen LogP contribution in [0.15, 0.2) is 35.2 Å². The molecule has 1 fully saturated rings. The summed E-state index contributed by atoms with van der Waals surface area (Å²) < 4.78 is 31.6. The minimum Gasteiger partial charge on any atom is -0.378 e. The normalized spacial score (nSPS) is 21.3. The van der Waals surface area contributed by atoms with E-state index in [2.05, 4.69) is 10.0 Å². The van der Waals surface area contributed by atoms with Crippen molar-refractivity contribution < 1.29 is 13.2 Å². The first-order chi connectivity index (χ1) is 8.18. The van der Waals surface area contributed by atoms with E-state index in [4.69, 9.17) is 4.74 Å². The van der Waals surface area contributed by atoms with Crippen LogP contribution in [0.3, 0.4) is 0 Å². The van der Waals surface area contributed by atoms with E-state index >= 15 is 0 Å². The lowest BCUT2D eigenvalue weighted by Gasteiger charge is -2.23. The highest BCUT2D eigenvalue weighted by atomic mass is 32.2. The lowest BCUT2D eigenvalue weighted by Crippen LogP contribution is -2.48. The van der Waals surface area contributed by atoms with Gasteiger partial charge in [-0.1, -0.05) is 18.2 Å². The number of ether oxygens (including phenoxy) is 1. The summed E-state index contributed by atoms with van der Waals surface area (Å²) in [7, 11) is -3.41. The van der Waals surface area contributed by atoms with Crippen molar-refractivity contribution in [3.8, 4) is 0 Å². The molecule has 2 rings (SSSR count). The van der Waals surface area contributed by atoms with Gasteiger partial charge in [-0.05, 0) is 12.1 Å². The second-order valence-electron chi connectivity index (χ2n) is 3.89. The molecule has 1 heterocycles. The Hall–Kier alpha value is -0.950. The number of nitrogens with one attached hydrogen (secondary N) is 2. The van der Waals surface area contributed by atoms with Gasteiger partial charge in [-0.25, -0.2) is 13.1 Å². The third kappa shape index (κ3) is 3.50. The van der Waals surface area contributed by atoms with Crippen molar-refractivity contribution in [2.24, 2.45) is 0 Å². The third-order valence-electron chi connectivity index (χ3n) is 2.57. The molecule has 0 amide bonds. The highest BCUT2D eigenvalue weighted by Crippen LogP contribution is 2.07. The Morgan fingerprint density at radius 2 is 2.12 bits per heavy atom. The zero-order chi connectivity index (χ0) is 12.1. The maximum atomic E-state index is 11.9. The lowest BCUT2D eigenvalue weighted by atomic mass is 10.3. The first kappa shape index (κ1) is 12.5. The number of morpholine rings is 1. The predicted octanol–water partition coefficient (Wildman–Crippen LogP) is -0.0467. The summed E-state index contributed by atoms with van der Waals surface area (Å²) in [4.78, 5) is 0.289. The lowest BCUT2D eigenvalue weighted by molar-refractivity contribution is 0.0784. The van der Waals surface area contributed by atoms with Crippen molar-refractivity contribution in [3.63, 3.8) is 0 Å². The molecule has 1 aromatic carbocycles. The molecule has 0 saturated carbocycles. The quantitative estimate of drug-likeness (QED) is 0.793. The SMILES string of the molecule is O=S(=O)(NCC1COCCN1)c1ccccc1. The van der Waals surface area contributed by atoms with Crippen LogP contribution in [0.25, 0.3) is 0 Å². The van der Waals surface area contributed by atoms with Crippen LogP contribution in [0.5, 0.6) is 0 Å². The monoisotopic (exact) mass is 256 g/mol. The van der Waals surface area contributed by atoms with Gasteiger partial charge in [-0.2, -0.15) is 0 Å². The Balaban J connectivity index is 1.94. The standard InChI is InChI=1S/C11H16N2O3S/c14-17(15,11-4-2-1-3-5-11)13-8-10-9-16-7-6-12-10/h1-5,10,12-13H,6-9H2. The van der Waals surface area contributed by atoms with E-state index in [0.29, 0.717) is 19.8 Å². The predicted molar refractivity (Wildman–Crippen MR) is 64.2 cm³/mol. The number of hydrogen-bond donors (Lipinski definition) is 2. The molecule has 0 aliphatic carbocycles. The molecule has 5 nitrogen and oxygen atoms in total. The van der Waals surface area contributed by atoms with E-state index in [1.807, 2.05) is 0 Å². The minimum absolute atomic E-state index is 0.0437. The van der Waals surface area contributed by atoms with Gasteiger partial charge in [0.25, 0.3) is 0 Å². The van der Waals surface area contributed by atoms with E-state index in [1.54, 1.807) is 30.3 Å². The van der Waals surface area contributed by atoms with Gasteiger partial charge in [0.2, 0.25) is 10.0 Å². The summed E-state index contributed by atoms with van der Waals surface area (Å²) in [6.45, 7) is 2.33. The van der Waals surface area contributed by atoms with Crippen molar-refractivity contribution in [3.05, 3.63) is 30.3 Å². The van der Waals surface area contributed by atoms with Gasteiger partial charge in [-0.3, -0.25) is 0 Å². The minimum atomic E-state index is -3.41. The summed E-state index contributed by atoms with van der Waals surface area (Å²) in [6.07, 6.45) is 0. The molecular weight excluding hydrogens is 240 g/mol. The first-order valence-corrected chi connectivity index (χ1v) is 7.03. The van der Waals surface area contributed by atoms with Gasteiger partial charge < -0.3 is 10.1 Å². The van der Waals surface area contributed by atoms with Gasteiger partial charge in [-0.15, -0.1) is 0 Å². The highest BCUT2D eigenvalue weighted by Gasteiger charge is 2.18. The molecule has 2 N–H and O–H groups in total. The summed E-state index contributed by atoms with van der Waals surface area (Å²) in [6, 6.07) is 8.39. The molecule has 6 heteroatoms. The molecule has 1 aromatic rings. The molecule has 0 aromatic heterocycles. The van der Waals surface area contributed by atoms with E-state index in [0.717, 1.165) is 6.54 Å². The highest BCUT2D eigenvalue weighted by molar-refractivity contribution is 7.89. The number of rotatable bonds is 4. The molecule has 1 aliphatic rings. The van der Waals surface area contributed by atoms with Crippen molar-refractivity contribution in [1.82, 2.24) is 10.0 Å². The van der Waals surface area contributed by atoms with Gasteiger partial charge in [0.1, 0.15) is 0 Å². The largest absolute Gasteiger partial charge is 0.378 e. The van der Waals surface area contributed by atoms with Crippen LogP contribution >= 0.6 is 0 Å². The average Bonchev–Trinajstić information content (AvgIpc) is 2.39. The Morgan fingerprint density at radius 3 is 2.76 bits per heavy atom. The zero-order valence-corrected chi connectivity index (χ0v) is 10.2. The fourth-order valence-corrected chi connectivity index (χ4v) is 2.75. The van der Waals surface area contributed by atoms with E-state index in [9.17, 15) is 8.42 Å². The van der Waals surface area contributed by atoms with Crippen LogP contribution in [-0.4, -0.2) is 40.8 Å². The Kier molecular flexibility index (Phi) is 4.11. The van der Waals surface area contributed by atoms with Crippen LogP contribution in [0.4, 0.5) is 0 Å². The van der Waals surface area contributed by atoms with E-state index in [1.165, 1.54) is 0 Å². The van der Waals surface area contributed by atoms with E-state index < -0.39 is 10.0 Å². The summed E-state index contributed by atoms with van der Waals surface area (Å²) in [5.74, 6) is 0. The van der Waals surface area contributed by atoms with Crippen LogP contribution in [0.1, 0.15) is 0 Å². The topological polar surface area (TPSA) is 67.4 Å². The molecule has 1 atom stereocenters. The maximum absolute atomic E-state index is 11.9. The van der Waals surface area contributed by atoms with Gasteiger partial charge in [0.15, 0.2) is 0 Å². The first-order valence-electron chi connectivity index (χ1n) is 5.54. The van der Waals surface area contributed by atoms with Gasteiger partial charge >= 0.3 is 0 Å². The molecular formula is C11H16N2O3S. The van der Waals surface area contributed by atoms with Crippen LogP contribution in [-0.2, 0) is 14.8 Å². The molecule has 17 heavy (non-hydrogen) atoms. The number of sulfonamides is 1. The average molecular weight is 256 g/mol. The van der Waals surface area contributed by atoms with Crippen LogP contribution in [0, 0.1) is 0 Å². The Labute approximate surface area is 101 Å². The molecule has 1 aliphatic heterocycles. The van der Waals surface area contributed by atoms with Crippen LogP contribution in [0.2, 0.25) is 0 Å². The summed E-state index contributed by atoms with van der Waals surface area (Å²) in [5.41, 5.74) is 0. The molecule has 94 valence electrons. The fraction of sp³-hybridized carbons (Fsp3) is 0.455. The molecule has 0 bridgehead atoms. The van der Waals surface area contributed by atoms with Gasteiger partial charge in [0, 0.05) is 19.1 Å². The second kappa shape index (κ2) is 5.59. The van der Waals surface area contributed by atoms with Crippen molar-refractivity contribution in [1.29, 1.82) is 0 Å². The van der Waals surface area contributed by atoms with E-state index in [-0.39, 0.29) is 10.9 Å². The number of benzene rings is 1. The van der Waals surface area contributed by atoms with Crippen molar-refractivity contribution in [2.45, 2.75) is 10.9 Å². The molecule has 1 unspecified atom stereocenters. The maximum Gasteiger partial charge on any atom is 0.240 e. The third-order valence-corrected chi connectivity index (χ3v) is 4.01. The van der Waals surface area contributed by atoms with Crippen molar-refractivity contribution in [2.75, 3.05) is 26.3 Å². The summed E-state index contributed by atoms with van der Waals surface area (Å²) >= 11 is 0. The Morgan fingerprint density at radius 1 is 1.35 bits per heavy atom. The second-order valence-corrected chi connectivity index (χ2v) is 5.66. The van der Waals surface area contributed by atoms with Gasteiger partial charge in [0.05, 0.1) is 18.1 Å². The zero-order valence-electron chi connectivity index (χ0n) is 9.43. The molecule has 1 saturated heterocycles. The Bertz CT molecular complexity index is 441. The smallest absolute Gasteiger partial charge is 0.240 e. The van der Waals surface area contributed by atoms with Crippen molar-refractivity contribution >= 4 is 10.0 Å². The molecule has 0 radical (unpaired) electrons. The van der Waals surface area contributed by atoms with Crippen LogP contribution < -0.4 is 10.0 Å². The molecule has 0 spiro atoms. The number of hydrogen-bond acceptors (Lipinski definition) is 4. The fourth-order valence-electron chi connectivity index (χ4n) is 1.64.